The summed E-state index contributed by atoms with van der Waals surface area (Å²) in [7, 11) is 1.61. The minimum absolute atomic E-state index is 0.0649. The molecule has 32 heavy (non-hydrogen) atoms. The first kappa shape index (κ1) is 23.4. The van der Waals surface area contributed by atoms with Crippen LogP contribution >= 0.6 is 0 Å². The zero-order valence-corrected chi connectivity index (χ0v) is 19.1. The summed E-state index contributed by atoms with van der Waals surface area (Å²) in [6, 6.07) is 7.53. The standard InChI is InChI=1S/C24H31N3O5/c1-5-32-24(30)20-15(2)21(26-16(20)3)23(29)27-12-6-7-18(14-27)22(28)25-13-17-8-10-19(31-4)11-9-17/h8-11,18,26H,5-7,12-14H2,1-4H3,(H,25,28)/t18-/m1/s1. The predicted octanol–water partition coefficient (Wildman–Crippen LogP) is 2.99. The van der Waals surface area contributed by atoms with Gasteiger partial charge in [-0.15, -0.1) is 0 Å². The molecular weight excluding hydrogens is 410 g/mol. The number of nitrogens with zero attached hydrogens (tertiary/aromatic N) is 1. The normalized spacial score (nSPS) is 15.9. The lowest BCUT2D eigenvalue weighted by atomic mass is 9.96. The smallest absolute Gasteiger partial charge is 0.340 e. The number of aromatic amines is 1. The van der Waals surface area contributed by atoms with E-state index in [1.165, 1.54) is 0 Å². The van der Waals surface area contributed by atoms with Crippen molar-refractivity contribution >= 4 is 17.8 Å². The Morgan fingerprint density at radius 2 is 1.91 bits per heavy atom. The first-order valence-corrected chi connectivity index (χ1v) is 10.9. The monoisotopic (exact) mass is 441 g/mol. The molecule has 8 nitrogen and oxygen atoms in total. The summed E-state index contributed by atoms with van der Waals surface area (Å²) in [6.45, 7) is 6.85. The Morgan fingerprint density at radius 3 is 2.56 bits per heavy atom. The largest absolute Gasteiger partial charge is 0.497 e. The van der Waals surface area contributed by atoms with Crippen molar-refractivity contribution in [2.75, 3.05) is 26.8 Å². The van der Waals surface area contributed by atoms with Crippen molar-refractivity contribution < 1.29 is 23.9 Å². The van der Waals surface area contributed by atoms with Gasteiger partial charge >= 0.3 is 5.97 Å². The number of ether oxygens (including phenoxy) is 2. The van der Waals surface area contributed by atoms with Crippen LogP contribution in [0.5, 0.6) is 5.75 Å². The van der Waals surface area contributed by atoms with E-state index in [0.717, 1.165) is 24.2 Å². The van der Waals surface area contributed by atoms with E-state index >= 15 is 0 Å². The van der Waals surface area contributed by atoms with Crippen molar-refractivity contribution in [3.8, 4) is 5.75 Å². The number of esters is 1. The lowest BCUT2D eigenvalue weighted by Gasteiger charge is -2.32. The van der Waals surface area contributed by atoms with E-state index in [1.807, 2.05) is 24.3 Å². The summed E-state index contributed by atoms with van der Waals surface area (Å²) < 4.78 is 10.3. The first-order valence-electron chi connectivity index (χ1n) is 10.9. The Kier molecular flexibility index (Phi) is 7.56. The van der Waals surface area contributed by atoms with Crippen LogP contribution in [0.25, 0.3) is 0 Å². The molecule has 8 heteroatoms. The summed E-state index contributed by atoms with van der Waals surface area (Å²) in [5.74, 6) is -0.208. The lowest BCUT2D eigenvalue weighted by Crippen LogP contribution is -2.45. The molecule has 0 radical (unpaired) electrons. The van der Waals surface area contributed by atoms with E-state index in [1.54, 1.807) is 32.8 Å². The van der Waals surface area contributed by atoms with Gasteiger partial charge in [0, 0.05) is 25.3 Å². The number of piperidine rings is 1. The van der Waals surface area contributed by atoms with Gasteiger partial charge in [0.2, 0.25) is 5.91 Å². The Hall–Kier alpha value is -3.29. The molecule has 2 N–H and O–H groups in total. The second kappa shape index (κ2) is 10.3. The number of carbonyl (C=O) groups excluding carboxylic acids is 3. The number of aromatic nitrogens is 1. The Balaban J connectivity index is 1.63. The summed E-state index contributed by atoms with van der Waals surface area (Å²) in [4.78, 5) is 42.9. The third-order valence-electron chi connectivity index (χ3n) is 5.84. The van der Waals surface area contributed by atoms with Gasteiger partial charge in [-0.2, -0.15) is 0 Å². The number of carbonyl (C=O) groups is 3. The van der Waals surface area contributed by atoms with Crippen LogP contribution in [0.2, 0.25) is 0 Å². The third kappa shape index (κ3) is 5.12. The second-order valence-corrected chi connectivity index (χ2v) is 8.00. The SMILES string of the molecule is CCOC(=O)c1c(C)[nH]c(C(=O)N2CCC[C@@H](C(=O)NCc3ccc(OC)cc3)C2)c1C. The van der Waals surface area contributed by atoms with Gasteiger partial charge in [0.25, 0.3) is 5.91 Å². The van der Waals surface area contributed by atoms with Gasteiger partial charge < -0.3 is 24.7 Å². The van der Waals surface area contributed by atoms with Crippen LogP contribution in [0, 0.1) is 19.8 Å². The minimum atomic E-state index is -0.438. The van der Waals surface area contributed by atoms with Crippen molar-refractivity contribution in [1.82, 2.24) is 15.2 Å². The van der Waals surface area contributed by atoms with Crippen molar-refractivity contribution in [2.24, 2.45) is 5.92 Å². The fraction of sp³-hybridized carbons (Fsp3) is 0.458. The quantitative estimate of drug-likeness (QED) is 0.644. The molecule has 0 unspecified atom stereocenters. The fourth-order valence-electron chi connectivity index (χ4n) is 4.08. The molecule has 3 rings (SSSR count). The van der Waals surface area contributed by atoms with Gasteiger partial charge in [0.15, 0.2) is 0 Å². The molecule has 172 valence electrons. The topological polar surface area (TPSA) is 101 Å². The summed E-state index contributed by atoms with van der Waals surface area (Å²) in [5, 5.41) is 2.97. The van der Waals surface area contributed by atoms with Crippen LogP contribution in [0.3, 0.4) is 0 Å². The number of hydrogen-bond donors (Lipinski definition) is 2. The molecule has 2 amide bonds. The highest BCUT2D eigenvalue weighted by Crippen LogP contribution is 2.24. The van der Waals surface area contributed by atoms with Crippen LogP contribution in [-0.4, -0.2) is 54.5 Å². The van der Waals surface area contributed by atoms with Gasteiger partial charge in [0.05, 0.1) is 25.2 Å². The molecule has 1 saturated heterocycles. The van der Waals surface area contributed by atoms with E-state index in [9.17, 15) is 14.4 Å². The van der Waals surface area contributed by atoms with Crippen LogP contribution in [-0.2, 0) is 16.1 Å². The molecule has 2 heterocycles. The third-order valence-corrected chi connectivity index (χ3v) is 5.84. The van der Waals surface area contributed by atoms with Crippen molar-refractivity contribution in [3.63, 3.8) is 0 Å². The van der Waals surface area contributed by atoms with Gasteiger partial charge in [0.1, 0.15) is 11.4 Å². The zero-order valence-electron chi connectivity index (χ0n) is 19.1. The van der Waals surface area contributed by atoms with Gasteiger partial charge in [-0.05, 0) is 56.9 Å². The van der Waals surface area contributed by atoms with Crippen LogP contribution in [0.15, 0.2) is 24.3 Å². The number of H-pyrrole nitrogens is 1. The Bertz CT molecular complexity index is 980. The highest BCUT2D eigenvalue weighted by molar-refractivity contribution is 6.00. The first-order chi connectivity index (χ1) is 15.3. The maximum atomic E-state index is 13.2. The van der Waals surface area contributed by atoms with Crippen LogP contribution < -0.4 is 10.1 Å². The molecule has 0 aliphatic carbocycles. The van der Waals surface area contributed by atoms with E-state index in [-0.39, 0.29) is 24.3 Å². The summed E-state index contributed by atoms with van der Waals surface area (Å²) in [5.41, 5.74) is 2.95. The molecule has 1 atom stereocenters. The highest BCUT2D eigenvalue weighted by atomic mass is 16.5. The average molecular weight is 442 g/mol. The molecule has 1 aromatic carbocycles. The summed E-state index contributed by atoms with van der Waals surface area (Å²) in [6.07, 6.45) is 1.48. The number of likely N-dealkylation sites (tertiary alicyclic amines) is 1. The molecule has 1 aliphatic heterocycles. The van der Waals surface area contributed by atoms with Crippen molar-refractivity contribution in [2.45, 2.75) is 40.2 Å². The maximum absolute atomic E-state index is 13.2. The number of benzene rings is 1. The number of hydrogen-bond acceptors (Lipinski definition) is 5. The van der Waals surface area contributed by atoms with Gasteiger partial charge in [-0.25, -0.2) is 4.79 Å². The minimum Gasteiger partial charge on any atom is -0.497 e. The summed E-state index contributed by atoms with van der Waals surface area (Å²) >= 11 is 0. The van der Waals surface area contributed by atoms with Crippen LogP contribution in [0.4, 0.5) is 0 Å². The van der Waals surface area contributed by atoms with E-state index in [4.69, 9.17) is 9.47 Å². The number of rotatable bonds is 7. The van der Waals surface area contributed by atoms with Gasteiger partial charge in [-0.1, -0.05) is 12.1 Å². The van der Waals surface area contributed by atoms with Crippen molar-refractivity contribution in [3.05, 3.63) is 52.3 Å². The van der Waals surface area contributed by atoms with Crippen LogP contribution in [0.1, 0.15) is 57.4 Å². The molecule has 1 aliphatic rings. The predicted molar refractivity (Wildman–Crippen MR) is 120 cm³/mol. The van der Waals surface area contributed by atoms with Crippen molar-refractivity contribution in [1.29, 1.82) is 0 Å². The number of aryl methyl sites for hydroxylation is 1. The molecule has 1 fully saturated rings. The number of amides is 2. The maximum Gasteiger partial charge on any atom is 0.340 e. The molecule has 0 spiro atoms. The molecule has 1 aromatic heterocycles. The molecule has 2 aromatic rings. The Morgan fingerprint density at radius 1 is 1.19 bits per heavy atom. The van der Waals surface area contributed by atoms with E-state index in [2.05, 4.69) is 10.3 Å². The molecule has 0 bridgehead atoms. The zero-order chi connectivity index (χ0) is 23.3. The highest BCUT2D eigenvalue weighted by Gasteiger charge is 2.31. The molecule has 0 saturated carbocycles. The fourth-order valence-corrected chi connectivity index (χ4v) is 4.08. The lowest BCUT2D eigenvalue weighted by molar-refractivity contribution is -0.126. The average Bonchev–Trinajstić information content (AvgIpc) is 3.11. The van der Waals surface area contributed by atoms with Gasteiger partial charge in [-0.3, -0.25) is 9.59 Å². The number of nitrogens with one attached hydrogen (secondary N) is 2. The van der Waals surface area contributed by atoms with E-state index < -0.39 is 5.97 Å². The van der Waals surface area contributed by atoms with E-state index in [0.29, 0.717) is 42.1 Å². The number of methoxy groups -OCH3 is 1. The second-order valence-electron chi connectivity index (χ2n) is 8.00. The Labute approximate surface area is 188 Å². The molecular formula is C24H31N3O5.